The second-order valence-corrected chi connectivity index (χ2v) is 9.04. The second kappa shape index (κ2) is 8.72. The molecule has 0 bridgehead atoms. The molecule has 2 fully saturated rings. The topological polar surface area (TPSA) is 91.0 Å². The molecular formula is C24H28FN7O. The number of halogens is 1. The highest BCUT2D eigenvalue weighted by Gasteiger charge is 2.27. The van der Waals surface area contributed by atoms with Crippen molar-refractivity contribution in [2.75, 3.05) is 38.2 Å². The summed E-state index contributed by atoms with van der Waals surface area (Å²) >= 11 is 0. The Morgan fingerprint density at radius 1 is 1.09 bits per heavy atom. The zero-order valence-electron chi connectivity index (χ0n) is 18.5. The van der Waals surface area contributed by atoms with Crippen LogP contribution in [-0.2, 0) is 4.74 Å². The van der Waals surface area contributed by atoms with Gasteiger partial charge in [0.15, 0.2) is 0 Å². The SMILES string of the molecule is FC1=CNCC(c2ccc3[nH]c4ncnc(NC5CCC(N6CCOCC6)CC5)c4c3n2)=C1. The molecule has 0 atom stereocenters. The smallest absolute Gasteiger partial charge is 0.145 e. The van der Waals surface area contributed by atoms with Crippen LogP contribution in [0, 0.1) is 0 Å². The van der Waals surface area contributed by atoms with E-state index in [9.17, 15) is 4.39 Å². The van der Waals surface area contributed by atoms with Gasteiger partial charge in [0.05, 0.1) is 29.8 Å². The van der Waals surface area contributed by atoms with Crippen molar-refractivity contribution in [3.05, 3.63) is 42.3 Å². The van der Waals surface area contributed by atoms with E-state index in [2.05, 4.69) is 30.5 Å². The molecule has 6 rings (SSSR count). The monoisotopic (exact) mass is 449 g/mol. The standard InChI is InChI=1S/C24H28FN7O/c25-16-11-15(12-26-13-16)19-5-6-20-22(30-19)21-23(27-14-28-24(21)31-20)29-17-1-3-18(4-2-17)32-7-9-33-10-8-32/h5-6,11,13-14,17-18,26H,1-4,7-10,12H2,(H2,27,28,29,31). The van der Waals surface area contributed by atoms with Crippen molar-refractivity contribution >= 4 is 33.5 Å². The maximum Gasteiger partial charge on any atom is 0.145 e. The number of fused-ring (bicyclic) bond motifs is 3. The lowest BCUT2D eigenvalue weighted by Crippen LogP contribution is -2.46. The van der Waals surface area contributed by atoms with Gasteiger partial charge in [-0.1, -0.05) is 0 Å². The molecule has 1 saturated carbocycles. The third-order valence-electron chi connectivity index (χ3n) is 7.01. The zero-order valence-corrected chi connectivity index (χ0v) is 18.5. The number of hydrogen-bond acceptors (Lipinski definition) is 7. The minimum atomic E-state index is -0.296. The van der Waals surface area contributed by atoms with Crippen LogP contribution >= 0.6 is 0 Å². The van der Waals surface area contributed by atoms with Gasteiger partial charge in [-0.3, -0.25) is 4.90 Å². The van der Waals surface area contributed by atoms with Crippen LogP contribution in [0.15, 0.2) is 36.6 Å². The Bertz CT molecular complexity index is 1220. The highest BCUT2D eigenvalue weighted by molar-refractivity contribution is 6.09. The number of H-pyrrole nitrogens is 1. The van der Waals surface area contributed by atoms with Crippen LogP contribution in [-0.4, -0.2) is 69.8 Å². The Hall–Kier alpha value is -3.04. The van der Waals surface area contributed by atoms with Crippen molar-refractivity contribution in [1.82, 2.24) is 30.2 Å². The number of hydrogen-bond donors (Lipinski definition) is 3. The summed E-state index contributed by atoms with van der Waals surface area (Å²) in [4.78, 5) is 19.8. The van der Waals surface area contributed by atoms with E-state index in [1.54, 1.807) is 6.33 Å². The normalized spacial score (nSPS) is 24.4. The van der Waals surface area contributed by atoms with E-state index in [1.165, 1.54) is 25.1 Å². The van der Waals surface area contributed by atoms with Crippen molar-refractivity contribution in [3.8, 4) is 0 Å². The van der Waals surface area contributed by atoms with E-state index < -0.39 is 0 Å². The number of aromatic nitrogens is 4. The molecule has 9 heteroatoms. The third kappa shape index (κ3) is 4.06. The summed E-state index contributed by atoms with van der Waals surface area (Å²) < 4.78 is 19.3. The summed E-state index contributed by atoms with van der Waals surface area (Å²) in [6.45, 7) is 4.34. The van der Waals surface area contributed by atoms with Crippen LogP contribution in [0.4, 0.5) is 10.2 Å². The first-order chi connectivity index (χ1) is 16.2. The fraction of sp³-hybridized carbons (Fsp3) is 0.458. The summed E-state index contributed by atoms with van der Waals surface area (Å²) in [5.74, 6) is 0.517. The van der Waals surface area contributed by atoms with Crippen LogP contribution in [0.1, 0.15) is 31.4 Å². The third-order valence-corrected chi connectivity index (χ3v) is 7.01. The molecule has 2 aliphatic heterocycles. The molecule has 0 unspecified atom stereocenters. The highest BCUT2D eigenvalue weighted by Crippen LogP contribution is 2.32. The molecule has 1 saturated heterocycles. The van der Waals surface area contributed by atoms with Crippen LogP contribution in [0.3, 0.4) is 0 Å². The zero-order chi connectivity index (χ0) is 22.2. The molecule has 1 aliphatic carbocycles. The van der Waals surface area contributed by atoms with Gasteiger partial charge >= 0.3 is 0 Å². The van der Waals surface area contributed by atoms with Crippen molar-refractivity contribution in [1.29, 1.82) is 0 Å². The first-order valence-electron chi connectivity index (χ1n) is 11.8. The summed E-state index contributed by atoms with van der Waals surface area (Å²) in [7, 11) is 0. The number of dihydropyridines is 1. The lowest BCUT2D eigenvalue weighted by molar-refractivity contribution is 0.00791. The van der Waals surface area contributed by atoms with Crippen LogP contribution in [0.2, 0.25) is 0 Å². The van der Waals surface area contributed by atoms with Crippen LogP contribution in [0.25, 0.3) is 27.6 Å². The molecule has 3 aromatic rings. The van der Waals surface area contributed by atoms with Gasteiger partial charge in [0.1, 0.15) is 29.1 Å². The number of allylic oxidation sites excluding steroid dienone is 2. The molecule has 3 aromatic heterocycles. The maximum absolute atomic E-state index is 13.7. The van der Waals surface area contributed by atoms with Gasteiger partial charge in [0.25, 0.3) is 0 Å². The first kappa shape index (κ1) is 20.6. The first-order valence-corrected chi connectivity index (χ1v) is 11.8. The molecule has 0 amide bonds. The number of rotatable bonds is 4. The molecule has 0 radical (unpaired) electrons. The fourth-order valence-corrected chi connectivity index (χ4v) is 5.27. The van der Waals surface area contributed by atoms with Gasteiger partial charge in [0.2, 0.25) is 0 Å². The summed E-state index contributed by atoms with van der Waals surface area (Å²) in [5.41, 5.74) is 4.03. The summed E-state index contributed by atoms with van der Waals surface area (Å²) in [6, 6.07) is 4.92. The Labute approximate surface area is 191 Å². The average molecular weight is 450 g/mol. The van der Waals surface area contributed by atoms with Gasteiger partial charge in [-0.2, -0.15) is 0 Å². The molecule has 3 N–H and O–H groups in total. The van der Waals surface area contributed by atoms with Crippen molar-refractivity contribution in [3.63, 3.8) is 0 Å². The Morgan fingerprint density at radius 2 is 1.94 bits per heavy atom. The molecule has 0 aromatic carbocycles. The minimum absolute atomic E-state index is 0.296. The van der Waals surface area contributed by atoms with E-state index >= 15 is 0 Å². The van der Waals surface area contributed by atoms with Gasteiger partial charge in [-0.05, 0) is 49.5 Å². The average Bonchev–Trinajstić information content (AvgIpc) is 3.24. The molecule has 0 spiro atoms. The van der Waals surface area contributed by atoms with E-state index in [0.717, 1.165) is 78.3 Å². The predicted octanol–water partition coefficient (Wildman–Crippen LogP) is 3.36. The van der Waals surface area contributed by atoms with Crippen LogP contribution in [0.5, 0.6) is 0 Å². The molecule has 5 heterocycles. The maximum atomic E-state index is 13.7. The van der Waals surface area contributed by atoms with Gasteiger partial charge < -0.3 is 20.4 Å². The lowest BCUT2D eigenvalue weighted by atomic mass is 9.90. The number of nitrogens with one attached hydrogen (secondary N) is 3. The van der Waals surface area contributed by atoms with E-state index in [-0.39, 0.29) is 5.83 Å². The lowest BCUT2D eigenvalue weighted by Gasteiger charge is -2.39. The van der Waals surface area contributed by atoms with E-state index in [0.29, 0.717) is 18.6 Å². The van der Waals surface area contributed by atoms with Crippen LogP contribution < -0.4 is 10.6 Å². The van der Waals surface area contributed by atoms with Gasteiger partial charge in [0, 0.05) is 37.9 Å². The Morgan fingerprint density at radius 3 is 2.76 bits per heavy atom. The van der Waals surface area contributed by atoms with E-state index in [1.807, 2.05) is 12.1 Å². The number of pyridine rings is 1. The molecule has 172 valence electrons. The highest BCUT2D eigenvalue weighted by atomic mass is 19.1. The molecule has 3 aliphatic rings. The van der Waals surface area contributed by atoms with Gasteiger partial charge in [-0.25, -0.2) is 19.3 Å². The Kier molecular flexibility index (Phi) is 5.43. The number of morpholine rings is 1. The Balaban J connectivity index is 1.26. The number of ether oxygens (including phenoxy) is 1. The number of nitrogens with zero attached hydrogens (tertiary/aromatic N) is 4. The number of anilines is 1. The van der Waals surface area contributed by atoms with Crippen molar-refractivity contribution < 1.29 is 9.13 Å². The van der Waals surface area contributed by atoms with Crippen molar-refractivity contribution in [2.45, 2.75) is 37.8 Å². The molecular weight excluding hydrogens is 421 g/mol. The largest absolute Gasteiger partial charge is 0.384 e. The fourth-order valence-electron chi connectivity index (χ4n) is 5.27. The van der Waals surface area contributed by atoms with Gasteiger partial charge in [-0.15, -0.1) is 0 Å². The predicted molar refractivity (Wildman–Crippen MR) is 126 cm³/mol. The quantitative estimate of drug-likeness (QED) is 0.563. The summed E-state index contributed by atoms with van der Waals surface area (Å²) in [6.07, 6.45) is 9.08. The second-order valence-electron chi connectivity index (χ2n) is 9.04. The number of aromatic amines is 1. The molecule has 8 nitrogen and oxygen atoms in total. The van der Waals surface area contributed by atoms with E-state index in [4.69, 9.17) is 9.72 Å². The summed E-state index contributed by atoms with van der Waals surface area (Å²) in [5, 5.41) is 7.53. The van der Waals surface area contributed by atoms with Crippen molar-refractivity contribution in [2.24, 2.45) is 0 Å². The minimum Gasteiger partial charge on any atom is -0.384 e. The molecule has 33 heavy (non-hydrogen) atoms.